The Hall–Kier alpha value is -4.17. The monoisotopic (exact) mass is 501 g/mol. The molecule has 0 unspecified atom stereocenters. The van der Waals surface area contributed by atoms with Crippen LogP contribution < -0.4 is 14.9 Å². The molecule has 1 heterocycles. The Morgan fingerprint density at radius 3 is 2.22 bits per heavy atom. The highest BCUT2D eigenvalue weighted by atomic mass is 32.1. The van der Waals surface area contributed by atoms with Gasteiger partial charge in [0.05, 0.1) is 24.9 Å². The second-order valence-corrected chi connectivity index (χ2v) is 8.63. The zero-order valence-corrected chi connectivity index (χ0v) is 20.7. The van der Waals surface area contributed by atoms with Crippen molar-refractivity contribution in [3.05, 3.63) is 107 Å². The van der Waals surface area contributed by atoms with Crippen LogP contribution in [0.3, 0.4) is 0 Å². The van der Waals surface area contributed by atoms with Crippen LogP contribution in [0.4, 0.5) is 5.13 Å². The number of nitrogens with one attached hydrogen (secondary N) is 1. The lowest BCUT2D eigenvalue weighted by atomic mass is 10.2. The van der Waals surface area contributed by atoms with Gasteiger partial charge in [-0.25, -0.2) is 4.98 Å². The number of hydrogen-bond acceptors (Lipinski definition) is 8. The molecule has 0 aliphatic heterocycles. The minimum atomic E-state index is -0.287. The second-order valence-electron chi connectivity index (χ2n) is 7.77. The molecule has 0 aliphatic rings. The molecule has 7 nitrogen and oxygen atoms in total. The van der Waals surface area contributed by atoms with Crippen LogP contribution >= 0.6 is 11.3 Å². The molecule has 0 spiro atoms. The van der Waals surface area contributed by atoms with E-state index in [1.165, 1.54) is 11.3 Å². The first-order valence-electron chi connectivity index (χ1n) is 11.6. The van der Waals surface area contributed by atoms with Crippen molar-refractivity contribution in [3.8, 4) is 11.5 Å². The molecule has 1 aromatic heterocycles. The third-order valence-electron chi connectivity index (χ3n) is 5.01. The number of ether oxygens (including phenoxy) is 3. The van der Waals surface area contributed by atoms with Crippen LogP contribution in [-0.4, -0.2) is 23.8 Å². The van der Waals surface area contributed by atoms with E-state index in [0.717, 1.165) is 28.2 Å². The van der Waals surface area contributed by atoms with Crippen molar-refractivity contribution in [2.75, 3.05) is 12.0 Å². The fraction of sp³-hybridized carbons (Fsp3) is 0.179. The summed E-state index contributed by atoms with van der Waals surface area (Å²) in [5.41, 5.74) is 6.65. The summed E-state index contributed by atoms with van der Waals surface area (Å²) in [4.78, 5) is 15.9. The first-order chi connectivity index (χ1) is 17.7. The van der Waals surface area contributed by atoms with E-state index in [9.17, 15) is 4.79 Å². The largest absolute Gasteiger partial charge is 0.489 e. The average molecular weight is 502 g/mol. The third-order valence-corrected chi connectivity index (χ3v) is 5.81. The maximum Gasteiger partial charge on any atom is 0.311 e. The molecule has 4 aromatic rings. The van der Waals surface area contributed by atoms with Crippen LogP contribution in [0, 0.1) is 0 Å². The number of esters is 1. The van der Waals surface area contributed by atoms with Gasteiger partial charge in [-0.05, 0) is 60.0 Å². The molecule has 36 heavy (non-hydrogen) atoms. The Morgan fingerprint density at radius 1 is 0.917 bits per heavy atom. The summed E-state index contributed by atoms with van der Waals surface area (Å²) in [7, 11) is 0. The molecule has 1 N–H and O–H groups in total. The maximum atomic E-state index is 11.5. The summed E-state index contributed by atoms with van der Waals surface area (Å²) in [6.07, 6.45) is 1.85. The number of thiazole rings is 1. The van der Waals surface area contributed by atoms with Crippen molar-refractivity contribution in [1.82, 2.24) is 4.98 Å². The van der Waals surface area contributed by atoms with Crippen LogP contribution in [0.2, 0.25) is 0 Å². The summed E-state index contributed by atoms with van der Waals surface area (Å²) in [5.74, 6) is 1.31. The zero-order chi connectivity index (χ0) is 25.0. The fourth-order valence-electron chi connectivity index (χ4n) is 3.20. The van der Waals surface area contributed by atoms with Gasteiger partial charge < -0.3 is 14.2 Å². The van der Waals surface area contributed by atoms with Gasteiger partial charge in [-0.3, -0.25) is 10.2 Å². The van der Waals surface area contributed by atoms with Gasteiger partial charge >= 0.3 is 5.97 Å². The molecule has 0 amide bonds. The van der Waals surface area contributed by atoms with Gasteiger partial charge in [-0.1, -0.05) is 42.5 Å². The van der Waals surface area contributed by atoms with Gasteiger partial charge in [0.15, 0.2) is 0 Å². The zero-order valence-electron chi connectivity index (χ0n) is 19.9. The van der Waals surface area contributed by atoms with Crippen molar-refractivity contribution in [2.24, 2.45) is 5.10 Å². The number of hydrogen-bond donors (Lipinski definition) is 1. The summed E-state index contributed by atoms with van der Waals surface area (Å²) < 4.78 is 16.7. The van der Waals surface area contributed by atoms with Crippen LogP contribution in [-0.2, 0) is 29.2 Å². The predicted molar refractivity (Wildman–Crippen MR) is 142 cm³/mol. The molecule has 0 saturated carbocycles. The van der Waals surface area contributed by atoms with Crippen LogP contribution in [0.5, 0.6) is 11.5 Å². The first-order valence-corrected chi connectivity index (χ1v) is 12.4. The lowest BCUT2D eigenvalue weighted by Gasteiger charge is -2.09. The highest BCUT2D eigenvalue weighted by Gasteiger charge is 2.08. The Bertz CT molecular complexity index is 1260. The SMILES string of the molecule is CCOC(=O)Cc1csc(NN=Cc2ccc(OCc3ccc(OCc4ccccc4)cc3)cc2)n1. The van der Waals surface area contributed by atoms with Crippen LogP contribution in [0.15, 0.2) is 89.3 Å². The Balaban J connectivity index is 1.20. The Labute approximate surface area is 214 Å². The quantitative estimate of drug-likeness (QED) is 0.149. The van der Waals surface area contributed by atoms with E-state index >= 15 is 0 Å². The van der Waals surface area contributed by atoms with E-state index < -0.39 is 0 Å². The van der Waals surface area contributed by atoms with E-state index in [0.29, 0.717) is 30.6 Å². The number of carbonyl (C=O) groups is 1. The average Bonchev–Trinajstić information content (AvgIpc) is 3.35. The number of aromatic nitrogens is 1. The molecule has 0 radical (unpaired) electrons. The van der Waals surface area contributed by atoms with Crippen molar-refractivity contribution >= 4 is 28.7 Å². The summed E-state index contributed by atoms with van der Waals surface area (Å²) in [6.45, 7) is 3.15. The third kappa shape index (κ3) is 7.95. The highest BCUT2D eigenvalue weighted by Crippen LogP contribution is 2.18. The first kappa shape index (κ1) is 24.9. The number of benzene rings is 3. The molecule has 184 valence electrons. The molecular weight excluding hydrogens is 474 g/mol. The lowest BCUT2D eigenvalue weighted by molar-refractivity contribution is -0.142. The van der Waals surface area contributed by atoms with Gasteiger partial charge in [-0.15, -0.1) is 11.3 Å². The summed E-state index contributed by atoms with van der Waals surface area (Å²) in [6, 6.07) is 25.7. The smallest absolute Gasteiger partial charge is 0.311 e. The number of rotatable bonds is 12. The molecule has 0 aliphatic carbocycles. The van der Waals surface area contributed by atoms with Crippen molar-refractivity contribution in [2.45, 2.75) is 26.6 Å². The van der Waals surface area contributed by atoms with Crippen LogP contribution in [0.1, 0.15) is 29.3 Å². The molecule has 4 rings (SSSR count). The highest BCUT2D eigenvalue weighted by molar-refractivity contribution is 7.13. The van der Waals surface area contributed by atoms with Gasteiger partial charge in [0.25, 0.3) is 0 Å². The molecule has 0 atom stereocenters. The predicted octanol–water partition coefficient (Wildman–Crippen LogP) is 5.85. The minimum Gasteiger partial charge on any atom is -0.489 e. The Morgan fingerprint density at radius 2 is 1.56 bits per heavy atom. The van der Waals surface area contributed by atoms with E-state index in [1.54, 1.807) is 13.1 Å². The topological polar surface area (TPSA) is 82.0 Å². The molecular formula is C28H27N3O4S. The molecule has 8 heteroatoms. The fourth-order valence-corrected chi connectivity index (χ4v) is 3.86. The van der Waals surface area contributed by atoms with Crippen molar-refractivity contribution in [3.63, 3.8) is 0 Å². The number of hydrazone groups is 1. The summed E-state index contributed by atoms with van der Waals surface area (Å²) >= 11 is 1.38. The number of nitrogens with zero attached hydrogens (tertiary/aromatic N) is 2. The van der Waals surface area contributed by atoms with E-state index in [2.05, 4.69) is 15.5 Å². The molecule has 3 aromatic carbocycles. The van der Waals surface area contributed by atoms with Crippen LogP contribution in [0.25, 0.3) is 0 Å². The van der Waals surface area contributed by atoms with Gasteiger partial charge in [0.2, 0.25) is 5.13 Å². The van der Waals surface area contributed by atoms with Gasteiger partial charge in [0, 0.05) is 5.38 Å². The second kappa shape index (κ2) is 13.1. The van der Waals surface area contributed by atoms with Gasteiger partial charge in [0.1, 0.15) is 24.7 Å². The van der Waals surface area contributed by atoms with E-state index in [-0.39, 0.29) is 12.4 Å². The molecule has 0 saturated heterocycles. The van der Waals surface area contributed by atoms with Crippen molar-refractivity contribution in [1.29, 1.82) is 0 Å². The van der Waals surface area contributed by atoms with E-state index in [4.69, 9.17) is 14.2 Å². The molecule has 0 bridgehead atoms. The maximum absolute atomic E-state index is 11.5. The van der Waals surface area contributed by atoms with Crippen molar-refractivity contribution < 1.29 is 19.0 Å². The summed E-state index contributed by atoms with van der Waals surface area (Å²) in [5, 5.41) is 6.64. The number of carbonyl (C=O) groups excluding carboxylic acids is 1. The van der Waals surface area contributed by atoms with Gasteiger partial charge in [-0.2, -0.15) is 5.10 Å². The Kier molecular flexibility index (Phi) is 9.05. The van der Waals surface area contributed by atoms with E-state index in [1.807, 2.05) is 84.2 Å². The molecule has 0 fully saturated rings. The standard InChI is InChI=1S/C28H27N3O4S/c1-2-33-27(32)16-24-20-36-28(30-24)31-29-17-21-8-12-25(13-9-21)35-19-23-10-14-26(15-11-23)34-18-22-6-4-3-5-7-22/h3-15,17,20H,2,16,18-19H2,1H3,(H,30,31). The lowest BCUT2D eigenvalue weighted by Crippen LogP contribution is -2.07. The normalized spacial score (nSPS) is 10.8. The minimum absolute atomic E-state index is 0.156. The number of anilines is 1.